The summed E-state index contributed by atoms with van der Waals surface area (Å²) in [5.74, 6) is -2.42. The molecule has 2 aromatic carbocycles. The van der Waals surface area contributed by atoms with E-state index in [4.69, 9.17) is 4.74 Å². The molecular formula is C19H15FN3O6-. The van der Waals surface area contributed by atoms with Crippen molar-refractivity contribution in [1.82, 2.24) is 10.2 Å². The molecule has 0 unspecified atom stereocenters. The Morgan fingerprint density at radius 3 is 2.66 bits per heavy atom. The van der Waals surface area contributed by atoms with Gasteiger partial charge in [0, 0.05) is 17.4 Å². The van der Waals surface area contributed by atoms with E-state index in [1.807, 2.05) is 0 Å². The average molecular weight is 400 g/mol. The minimum Gasteiger partial charge on any atom is -0.865 e. The molecule has 0 radical (unpaired) electrons. The number of amides is 3. The topological polar surface area (TPSA) is 125 Å². The van der Waals surface area contributed by atoms with Crippen LogP contribution in [0.15, 0.2) is 42.1 Å². The number of imide groups is 1. The first kappa shape index (κ1) is 19.8. The number of nitro benzene ring substituents is 1. The minimum absolute atomic E-state index is 0.110. The molecule has 3 rings (SSSR count). The molecule has 0 bridgehead atoms. The van der Waals surface area contributed by atoms with Gasteiger partial charge in [-0.2, -0.15) is 0 Å². The maximum absolute atomic E-state index is 13.8. The molecule has 0 saturated carbocycles. The number of nitrogens with zero attached hydrogens (tertiary/aromatic N) is 2. The number of urea groups is 1. The van der Waals surface area contributed by atoms with E-state index in [0.717, 1.165) is 11.0 Å². The molecule has 2 aromatic rings. The fraction of sp³-hybridized carbons (Fsp3) is 0.158. The maximum atomic E-state index is 13.8. The van der Waals surface area contributed by atoms with Crippen LogP contribution >= 0.6 is 0 Å². The lowest BCUT2D eigenvalue weighted by molar-refractivity contribution is -0.398. The second kappa shape index (κ2) is 7.97. The summed E-state index contributed by atoms with van der Waals surface area (Å²) in [5.41, 5.74) is -0.608. The molecule has 1 aliphatic heterocycles. The van der Waals surface area contributed by atoms with E-state index in [1.165, 1.54) is 30.3 Å². The summed E-state index contributed by atoms with van der Waals surface area (Å²) in [6.07, 6.45) is 1.19. The third kappa shape index (κ3) is 4.00. The highest BCUT2D eigenvalue weighted by Crippen LogP contribution is 2.35. The van der Waals surface area contributed by atoms with Crippen LogP contribution in [-0.4, -0.2) is 28.4 Å². The lowest BCUT2D eigenvalue weighted by atomic mass is 10.1. The van der Waals surface area contributed by atoms with Gasteiger partial charge in [0.1, 0.15) is 17.3 Å². The van der Waals surface area contributed by atoms with Gasteiger partial charge in [0.15, 0.2) is 0 Å². The molecule has 29 heavy (non-hydrogen) atoms. The number of ether oxygens (including phenoxy) is 1. The zero-order valence-electron chi connectivity index (χ0n) is 15.2. The van der Waals surface area contributed by atoms with E-state index in [-0.39, 0.29) is 35.7 Å². The fourth-order valence-corrected chi connectivity index (χ4v) is 2.77. The Labute approximate surface area is 164 Å². The molecule has 0 aliphatic carbocycles. The van der Waals surface area contributed by atoms with E-state index >= 15 is 0 Å². The SMILES string of the molecule is CCOc1cc(/C=C2/NC(=O)N(Cc3ccccc3F)C2=O)cc([N+](=O)[O-])c1[O-]. The van der Waals surface area contributed by atoms with Crippen LogP contribution in [0.25, 0.3) is 6.08 Å². The van der Waals surface area contributed by atoms with Crippen molar-refractivity contribution < 1.29 is 28.7 Å². The Kier molecular flexibility index (Phi) is 5.44. The van der Waals surface area contributed by atoms with Crippen molar-refractivity contribution >= 4 is 23.7 Å². The first-order valence-electron chi connectivity index (χ1n) is 8.52. The lowest BCUT2D eigenvalue weighted by Crippen LogP contribution is -2.30. The second-order valence-corrected chi connectivity index (χ2v) is 6.03. The van der Waals surface area contributed by atoms with Crippen LogP contribution in [0.2, 0.25) is 0 Å². The standard InChI is InChI=1S/C19H16FN3O6/c1-2-29-16-9-11(8-15(17(16)24)23(27)28)7-14-18(25)22(19(26)21-14)10-12-5-3-4-6-13(12)20/h3-9,24H,2,10H2,1H3,(H,21,26)/p-1/b14-7+. The summed E-state index contributed by atoms with van der Waals surface area (Å²) < 4.78 is 18.9. The van der Waals surface area contributed by atoms with Gasteiger partial charge in [0.05, 0.1) is 18.1 Å². The highest BCUT2D eigenvalue weighted by Gasteiger charge is 2.34. The van der Waals surface area contributed by atoms with Gasteiger partial charge < -0.3 is 15.2 Å². The summed E-state index contributed by atoms with van der Waals surface area (Å²) in [6.45, 7) is 1.44. The second-order valence-electron chi connectivity index (χ2n) is 6.03. The summed E-state index contributed by atoms with van der Waals surface area (Å²) >= 11 is 0. The van der Waals surface area contributed by atoms with E-state index in [0.29, 0.717) is 0 Å². The van der Waals surface area contributed by atoms with Crippen molar-refractivity contribution in [3.8, 4) is 11.5 Å². The van der Waals surface area contributed by atoms with E-state index < -0.39 is 34.1 Å². The van der Waals surface area contributed by atoms with Crippen LogP contribution in [0.5, 0.6) is 11.5 Å². The van der Waals surface area contributed by atoms with Crippen LogP contribution in [0.3, 0.4) is 0 Å². The molecule has 1 aliphatic rings. The van der Waals surface area contributed by atoms with Crippen molar-refractivity contribution in [1.29, 1.82) is 0 Å². The first-order valence-corrected chi connectivity index (χ1v) is 8.52. The predicted molar refractivity (Wildman–Crippen MR) is 97.2 cm³/mol. The van der Waals surface area contributed by atoms with Crippen LogP contribution in [-0.2, 0) is 11.3 Å². The number of nitrogens with one attached hydrogen (secondary N) is 1. The molecule has 3 amide bonds. The molecule has 1 heterocycles. The zero-order valence-corrected chi connectivity index (χ0v) is 15.2. The van der Waals surface area contributed by atoms with E-state index in [1.54, 1.807) is 13.0 Å². The van der Waals surface area contributed by atoms with Crippen LogP contribution in [0, 0.1) is 15.9 Å². The number of carbonyl (C=O) groups is 2. The van der Waals surface area contributed by atoms with Crippen molar-refractivity contribution in [3.05, 3.63) is 69.2 Å². The number of rotatable bonds is 6. The van der Waals surface area contributed by atoms with Crippen molar-refractivity contribution in [3.63, 3.8) is 0 Å². The van der Waals surface area contributed by atoms with Crippen molar-refractivity contribution in [2.45, 2.75) is 13.5 Å². The molecule has 0 spiro atoms. The third-order valence-corrected chi connectivity index (χ3v) is 4.11. The third-order valence-electron chi connectivity index (χ3n) is 4.11. The zero-order chi connectivity index (χ0) is 21.1. The van der Waals surface area contributed by atoms with Crippen molar-refractivity contribution in [2.75, 3.05) is 6.61 Å². The van der Waals surface area contributed by atoms with Crippen LogP contribution < -0.4 is 15.2 Å². The molecule has 10 heteroatoms. The lowest BCUT2D eigenvalue weighted by Gasteiger charge is -2.15. The Balaban J connectivity index is 1.93. The number of nitro groups is 1. The van der Waals surface area contributed by atoms with Gasteiger partial charge in [0.2, 0.25) is 0 Å². The van der Waals surface area contributed by atoms with Crippen LogP contribution in [0.1, 0.15) is 18.1 Å². The predicted octanol–water partition coefficient (Wildman–Crippen LogP) is 2.30. The summed E-state index contributed by atoms with van der Waals surface area (Å²) in [6, 6.07) is 7.18. The van der Waals surface area contributed by atoms with Gasteiger partial charge in [-0.1, -0.05) is 18.2 Å². The molecule has 1 fully saturated rings. The Morgan fingerprint density at radius 2 is 2.00 bits per heavy atom. The summed E-state index contributed by atoms with van der Waals surface area (Å²) in [4.78, 5) is 35.8. The normalized spacial score (nSPS) is 15.0. The Hall–Kier alpha value is -3.95. The number of carbonyl (C=O) groups excluding carboxylic acids is 2. The summed E-state index contributed by atoms with van der Waals surface area (Å²) in [7, 11) is 0. The van der Waals surface area contributed by atoms with Gasteiger partial charge >= 0.3 is 6.03 Å². The minimum atomic E-state index is -0.887. The smallest absolute Gasteiger partial charge is 0.329 e. The number of benzene rings is 2. The monoisotopic (exact) mass is 400 g/mol. The van der Waals surface area contributed by atoms with Crippen LogP contribution in [0.4, 0.5) is 14.9 Å². The quantitative estimate of drug-likeness (QED) is 0.343. The van der Waals surface area contributed by atoms with E-state index in [2.05, 4.69) is 5.32 Å². The van der Waals surface area contributed by atoms with E-state index in [9.17, 15) is 29.2 Å². The molecule has 1 saturated heterocycles. The molecule has 9 nitrogen and oxygen atoms in total. The van der Waals surface area contributed by atoms with Gasteiger partial charge in [-0.05, 0) is 30.7 Å². The number of hydrogen-bond acceptors (Lipinski definition) is 6. The van der Waals surface area contributed by atoms with Gasteiger partial charge in [0.25, 0.3) is 11.6 Å². The average Bonchev–Trinajstić information content (AvgIpc) is 2.93. The fourth-order valence-electron chi connectivity index (χ4n) is 2.77. The van der Waals surface area contributed by atoms with Crippen molar-refractivity contribution in [2.24, 2.45) is 0 Å². The highest BCUT2D eigenvalue weighted by molar-refractivity contribution is 6.13. The summed E-state index contributed by atoms with van der Waals surface area (Å²) in [5, 5.41) is 25.5. The Morgan fingerprint density at radius 1 is 1.28 bits per heavy atom. The van der Waals surface area contributed by atoms with Gasteiger partial charge in [-0.3, -0.25) is 19.8 Å². The first-order chi connectivity index (χ1) is 13.8. The number of halogens is 1. The maximum Gasteiger partial charge on any atom is 0.329 e. The molecule has 0 aromatic heterocycles. The molecule has 1 N–H and O–H groups in total. The highest BCUT2D eigenvalue weighted by atomic mass is 19.1. The molecular weight excluding hydrogens is 385 g/mol. The number of hydrogen-bond donors (Lipinski definition) is 1. The largest absolute Gasteiger partial charge is 0.865 e. The van der Waals surface area contributed by atoms with Gasteiger partial charge in [-0.15, -0.1) is 0 Å². The molecule has 150 valence electrons. The van der Waals surface area contributed by atoms with Gasteiger partial charge in [-0.25, -0.2) is 9.18 Å². The Bertz CT molecular complexity index is 1040. The molecule has 0 atom stereocenters.